The second-order valence-electron chi connectivity index (χ2n) is 1.36. The summed E-state index contributed by atoms with van der Waals surface area (Å²) in [5, 5.41) is 2.87. The second kappa shape index (κ2) is 3.79. The summed E-state index contributed by atoms with van der Waals surface area (Å²) in [7, 11) is 0. The standard InChI is InChI=1S/C4H4F3N3/c5-4(6,7)2-1-3-9-10-8/h1-2H,3H2. The van der Waals surface area contributed by atoms with Gasteiger partial charge in [0.05, 0.1) is 0 Å². The zero-order valence-electron chi connectivity index (χ0n) is 4.84. The number of hydrogen-bond acceptors (Lipinski definition) is 1. The average Bonchev–Trinajstić information content (AvgIpc) is 1.78. The highest BCUT2D eigenvalue weighted by Gasteiger charge is 2.21. The number of halogens is 3. The molecular weight excluding hydrogens is 147 g/mol. The maximum atomic E-state index is 11.3. The molecule has 56 valence electrons. The molecule has 0 heterocycles. The molecule has 0 unspecified atom stereocenters. The van der Waals surface area contributed by atoms with Crippen molar-refractivity contribution in [1.82, 2.24) is 0 Å². The Hall–Kier alpha value is -1.16. The molecule has 6 heteroatoms. The summed E-state index contributed by atoms with van der Waals surface area (Å²) in [6.45, 7) is -0.268. The van der Waals surface area contributed by atoms with Crippen LogP contribution in [0.25, 0.3) is 10.4 Å². The Morgan fingerprint density at radius 1 is 1.50 bits per heavy atom. The highest BCUT2D eigenvalue weighted by molar-refractivity contribution is 4.89. The molecule has 0 atom stereocenters. The van der Waals surface area contributed by atoms with Crippen molar-refractivity contribution in [3.05, 3.63) is 22.6 Å². The molecular formula is C4H4F3N3. The van der Waals surface area contributed by atoms with Gasteiger partial charge in [-0.15, -0.1) is 0 Å². The van der Waals surface area contributed by atoms with Crippen LogP contribution in [0.3, 0.4) is 0 Å². The van der Waals surface area contributed by atoms with Crippen molar-refractivity contribution in [3.63, 3.8) is 0 Å². The van der Waals surface area contributed by atoms with E-state index in [1.54, 1.807) is 0 Å². The molecule has 0 aromatic rings. The van der Waals surface area contributed by atoms with Crippen LogP contribution >= 0.6 is 0 Å². The van der Waals surface area contributed by atoms with Gasteiger partial charge in [0, 0.05) is 17.5 Å². The molecule has 0 aliphatic heterocycles. The first kappa shape index (κ1) is 8.84. The van der Waals surface area contributed by atoms with Gasteiger partial charge in [-0.05, 0) is 5.53 Å². The summed E-state index contributed by atoms with van der Waals surface area (Å²) in [5.41, 5.74) is 7.64. The number of hydrogen-bond donors (Lipinski definition) is 0. The number of alkyl halides is 3. The van der Waals surface area contributed by atoms with Gasteiger partial charge in [0.15, 0.2) is 0 Å². The molecule has 0 amide bonds. The van der Waals surface area contributed by atoms with Crippen LogP contribution in [-0.2, 0) is 0 Å². The van der Waals surface area contributed by atoms with Gasteiger partial charge in [-0.25, -0.2) is 0 Å². The lowest BCUT2D eigenvalue weighted by Crippen LogP contribution is -2.00. The van der Waals surface area contributed by atoms with Crippen molar-refractivity contribution in [2.75, 3.05) is 6.54 Å². The quantitative estimate of drug-likeness (QED) is 0.252. The highest BCUT2D eigenvalue weighted by Crippen LogP contribution is 2.15. The van der Waals surface area contributed by atoms with Gasteiger partial charge in [0.1, 0.15) is 0 Å². The largest absolute Gasteiger partial charge is 0.409 e. The van der Waals surface area contributed by atoms with Crippen molar-refractivity contribution in [2.45, 2.75) is 6.18 Å². The van der Waals surface area contributed by atoms with Crippen LogP contribution in [0.5, 0.6) is 0 Å². The molecule has 0 spiro atoms. The third kappa shape index (κ3) is 6.84. The normalized spacial score (nSPS) is 11.5. The van der Waals surface area contributed by atoms with E-state index in [9.17, 15) is 13.2 Å². The summed E-state index contributed by atoms with van der Waals surface area (Å²) >= 11 is 0. The zero-order chi connectivity index (χ0) is 8.04. The van der Waals surface area contributed by atoms with E-state index in [2.05, 4.69) is 10.0 Å². The van der Waals surface area contributed by atoms with E-state index in [4.69, 9.17) is 5.53 Å². The fraction of sp³-hybridized carbons (Fsp3) is 0.500. The van der Waals surface area contributed by atoms with E-state index in [1.807, 2.05) is 0 Å². The Balaban J connectivity index is 3.67. The maximum Gasteiger partial charge on any atom is 0.409 e. The van der Waals surface area contributed by atoms with Gasteiger partial charge in [-0.3, -0.25) is 0 Å². The lowest BCUT2D eigenvalue weighted by Gasteiger charge is -1.94. The van der Waals surface area contributed by atoms with E-state index in [0.717, 1.165) is 6.08 Å². The summed E-state index contributed by atoms with van der Waals surface area (Å²) in [6, 6.07) is 0. The summed E-state index contributed by atoms with van der Waals surface area (Å²) in [6.07, 6.45) is -3.54. The molecule has 0 rings (SSSR count). The Kier molecular flexibility index (Phi) is 3.35. The zero-order valence-corrected chi connectivity index (χ0v) is 4.84. The van der Waals surface area contributed by atoms with Gasteiger partial charge in [-0.2, -0.15) is 13.2 Å². The van der Waals surface area contributed by atoms with E-state index in [0.29, 0.717) is 0 Å². The van der Waals surface area contributed by atoms with Gasteiger partial charge < -0.3 is 0 Å². The third-order valence-electron chi connectivity index (χ3n) is 0.557. The summed E-state index contributed by atoms with van der Waals surface area (Å²) in [4.78, 5) is 2.26. The molecule has 3 nitrogen and oxygen atoms in total. The van der Waals surface area contributed by atoms with Crippen LogP contribution < -0.4 is 0 Å². The minimum Gasteiger partial charge on any atom is -0.167 e. The van der Waals surface area contributed by atoms with Crippen molar-refractivity contribution in [3.8, 4) is 0 Å². The van der Waals surface area contributed by atoms with E-state index >= 15 is 0 Å². The number of azide groups is 1. The summed E-state index contributed by atoms with van der Waals surface area (Å²) < 4.78 is 33.8. The van der Waals surface area contributed by atoms with Crippen molar-refractivity contribution in [2.24, 2.45) is 5.11 Å². The fourth-order valence-electron chi connectivity index (χ4n) is 0.270. The minimum atomic E-state index is -4.31. The molecule has 0 N–H and O–H groups in total. The minimum absolute atomic E-state index is 0.0294. The Bertz CT molecular complexity index is 165. The van der Waals surface area contributed by atoms with Crippen LogP contribution in [0.2, 0.25) is 0 Å². The topological polar surface area (TPSA) is 48.8 Å². The SMILES string of the molecule is [N-]=[N+]=NCC=CC(F)(F)F. The second-order valence-corrected chi connectivity index (χ2v) is 1.36. The monoisotopic (exact) mass is 151 g/mol. The van der Waals surface area contributed by atoms with Crippen LogP contribution in [-0.4, -0.2) is 12.7 Å². The van der Waals surface area contributed by atoms with E-state index in [1.165, 1.54) is 0 Å². The highest BCUT2D eigenvalue weighted by atomic mass is 19.4. The first-order valence-electron chi connectivity index (χ1n) is 2.31. The van der Waals surface area contributed by atoms with Gasteiger partial charge in [-0.1, -0.05) is 11.2 Å². The Morgan fingerprint density at radius 3 is 2.50 bits per heavy atom. The predicted molar refractivity (Wildman–Crippen MR) is 29.2 cm³/mol. The lowest BCUT2D eigenvalue weighted by molar-refractivity contribution is -0.0799. The molecule has 0 aliphatic carbocycles. The van der Waals surface area contributed by atoms with Crippen molar-refractivity contribution < 1.29 is 13.2 Å². The lowest BCUT2D eigenvalue weighted by atomic mass is 10.5. The Morgan fingerprint density at radius 2 is 2.10 bits per heavy atom. The molecule has 0 saturated heterocycles. The molecule has 0 aromatic carbocycles. The molecule has 0 aromatic heterocycles. The van der Waals surface area contributed by atoms with Gasteiger partial charge in [0.25, 0.3) is 0 Å². The van der Waals surface area contributed by atoms with Crippen LogP contribution in [0, 0.1) is 0 Å². The van der Waals surface area contributed by atoms with Crippen LogP contribution in [0.4, 0.5) is 13.2 Å². The van der Waals surface area contributed by atoms with Crippen molar-refractivity contribution >= 4 is 0 Å². The predicted octanol–water partition coefficient (Wildman–Crippen LogP) is 2.42. The van der Waals surface area contributed by atoms with Crippen molar-refractivity contribution in [1.29, 1.82) is 0 Å². The maximum absolute atomic E-state index is 11.3. The Labute approximate surface area is 54.8 Å². The molecule has 0 aliphatic rings. The molecule has 0 radical (unpaired) electrons. The first-order chi connectivity index (χ1) is 4.56. The van der Waals surface area contributed by atoms with E-state index in [-0.39, 0.29) is 12.6 Å². The molecule has 0 bridgehead atoms. The third-order valence-corrected chi connectivity index (χ3v) is 0.557. The van der Waals surface area contributed by atoms with Crippen LogP contribution in [0.15, 0.2) is 17.3 Å². The van der Waals surface area contributed by atoms with E-state index < -0.39 is 6.18 Å². The average molecular weight is 151 g/mol. The first-order valence-corrected chi connectivity index (χ1v) is 2.31. The smallest absolute Gasteiger partial charge is 0.167 e. The number of allylic oxidation sites excluding steroid dienone is 1. The van der Waals surface area contributed by atoms with Gasteiger partial charge >= 0.3 is 6.18 Å². The molecule has 0 fully saturated rings. The number of nitrogens with zero attached hydrogens (tertiary/aromatic N) is 3. The summed E-state index contributed by atoms with van der Waals surface area (Å²) in [5.74, 6) is 0. The number of rotatable bonds is 2. The van der Waals surface area contributed by atoms with Crippen LogP contribution in [0.1, 0.15) is 0 Å². The molecule has 0 saturated carbocycles. The van der Waals surface area contributed by atoms with Gasteiger partial charge in [0.2, 0.25) is 0 Å². The fourth-order valence-corrected chi connectivity index (χ4v) is 0.270. The molecule has 10 heavy (non-hydrogen) atoms.